The lowest BCUT2D eigenvalue weighted by atomic mass is 9.89. The van der Waals surface area contributed by atoms with Gasteiger partial charge in [0.1, 0.15) is 0 Å². The highest BCUT2D eigenvalue weighted by Crippen LogP contribution is 2.24. The van der Waals surface area contributed by atoms with E-state index in [0.717, 1.165) is 43.7 Å². The van der Waals surface area contributed by atoms with Gasteiger partial charge in [0.05, 0.1) is 11.3 Å². The normalized spacial score (nSPS) is 26.7. The molecular weight excluding hydrogens is 202 g/mol. The van der Waals surface area contributed by atoms with E-state index in [0.29, 0.717) is 6.42 Å². The zero-order chi connectivity index (χ0) is 11.6. The van der Waals surface area contributed by atoms with Crippen molar-refractivity contribution in [2.45, 2.75) is 38.2 Å². The molecule has 2 N–H and O–H groups in total. The summed E-state index contributed by atoms with van der Waals surface area (Å²) in [6.45, 7) is 3.92. The van der Waals surface area contributed by atoms with E-state index in [1.807, 2.05) is 18.7 Å². The molecule has 0 spiro atoms. The Bertz CT molecular complexity index is 351. The van der Waals surface area contributed by atoms with Gasteiger partial charge in [-0.2, -0.15) is 5.10 Å². The van der Waals surface area contributed by atoms with Crippen LogP contribution in [0.4, 0.5) is 0 Å². The fraction of sp³-hybridized carbons (Fsp3) is 0.750. The van der Waals surface area contributed by atoms with Crippen molar-refractivity contribution in [2.75, 3.05) is 13.1 Å². The third kappa shape index (κ3) is 2.62. The van der Waals surface area contributed by atoms with Gasteiger partial charge in [-0.3, -0.25) is 4.68 Å². The molecule has 0 aliphatic carbocycles. The van der Waals surface area contributed by atoms with E-state index in [1.54, 1.807) is 0 Å². The Balaban J connectivity index is 2.09. The predicted octanol–water partition coefficient (Wildman–Crippen LogP) is 0.776. The van der Waals surface area contributed by atoms with Crippen LogP contribution in [-0.2, 0) is 13.5 Å². The van der Waals surface area contributed by atoms with Crippen LogP contribution >= 0.6 is 0 Å². The van der Waals surface area contributed by atoms with Gasteiger partial charge in [-0.1, -0.05) is 0 Å². The summed E-state index contributed by atoms with van der Waals surface area (Å²) < 4.78 is 1.88. The Hall–Kier alpha value is -0.870. The van der Waals surface area contributed by atoms with Crippen LogP contribution in [0.5, 0.6) is 0 Å². The molecule has 16 heavy (non-hydrogen) atoms. The molecule has 1 atom stereocenters. The van der Waals surface area contributed by atoms with E-state index in [2.05, 4.69) is 16.5 Å². The van der Waals surface area contributed by atoms with Crippen molar-refractivity contribution in [3.05, 3.63) is 17.5 Å². The molecule has 2 heterocycles. The largest absolute Gasteiger partial charge is 0.389 e. The molecule has 0 radical (unpaired) electrons. The quantitative estimate of drug-likeness (QED) is 0.779. The fourth-order valence-corrected chi connectivity index (χ4v) is 2.46. The molecule has 90 valence electrons. The molecule has 0 amide bonds. The minimum atomic E-state index is -0.552. The van der Waals surface area contributed by atoms with E-state index < -0.39 is 5.60 Å². The van der Waals surface area contributed by atoms with Crippen molar-refractivity contribution in [1.82, 2.24) is 15.1 Å². The molecule has 4 heteroatoms. The number of hydrogen-bond donors (Lipinski definition) is 2. The number of rotatable bonds is 2. The Morgan fingerprint density at radius 2 is 2.31 bits per heavy atom. The van der Waals surface area contributed by atoms with Gasteiger partial charge in [0.25, 0.3) is 0 Å². The summed E-state index contributed by atoms with van der Waals surface area (Å²) in [5, 5.41) is 18.2. The minimum absolute atomic E-state index is 0.552. The average Bonchev–Trinajstić information content (AvgIpc) is 2.41. The number of aromatic nitrogens is 2. The average molecular weight is 223 g/mol. The van der Waals surface area contributed by atoms with Crippen LogP contribution in [0.15, 0.2) is 6.07 Å². The number of nitrogens with one attached hydrogen (secondary N) is 1. The summed E-state index contributed by atoms with van der Waals surface area (Å²) in [7, 11) is 1.95. The summed E-state index contributed by atoms with van der Waals surface area (Å²) in [5.41, 5.74) is 1.60. The molecule has 0 saturated carbocycles. The van der Waals surface area contributed by atoms with E-state index in [9.17, 15) is 5.11 Å². The van der Waals surface area contributed by atoms with Crippen LogP contribution in [0.3, 0.4) is 0 Å². The maximum atomic E-state index is 10.6. The molecule has 1 aliphatic heterocycles. The third-order valence-electron chi connectivity index (χ3n) is 3.37. The molecule has 0 bridgehead atoms. The molecule has 1 aliphatic rings. The van der Waals surface area contributed by atoms with Gasteiger partial charge < -0.3 is 10.4 Å². The molecule has 2 rings (SSSR count). The lowest BCUT2D eigenvalue weighted by Crippen LogP contribution is -2.33. The van der Waals surface area contributed by atoms with Crippen LogP contribution in [-0.4, -0.2) is 33.6 Å². The second-order valence-corrected chi connectivity index (χ2v) is 4.91. The number of nitrogens with zero attached hydrogens (tertiary/aromatic N) is 2. The Morgan fingerprint density at radius 1 is 1.50 bits per heavy atom. The molecule has 1 aromatic rings. The maximum absolute atomic E-state index is 10.6. The highest BCUT2D eigenvalue weighted by Gasteiger charge is 2.29. The zero-order valence-electron chi connectivity index (χ0n) is 10.2. The molecule has 4 nitrogen and oxygen atoms in total. The lowest BCUT2D eigenvalue weighted by molar-refractivity contribution is 0.0267. The van der Waals surface area contributed by atoms with Crippen LogP contribution < -0.4 is 5.32 Å². The van der Waals surface area contributed by atoms with E-state index in [1.165, 1.54) is 0 Å². The topological polar surface area (TPSA) is 50.1 Å². The monoisotopic (exact) mass is 223 g/mol. The number of aliphatic hydroxyl groups is 1. The SMILES string of the molecule is Cc1cc(CC2(O)CCCNCC2)n(C)n1. The van der Waals surface area contributed by atoms with Gasteiger partial charge in [-0.05, 0) is 45.3 Å². The van der Waals surface area contributed by atoms with Gasteiger partial charge in [0.2, 0.25) is 0 Å². The van der Waals surface area contributed by atoms with Crippen LogP contribution in [0.25, 0.3) is 0 Å². The molecule has 1 aromatic heterocycles. The van der Waals surface area contributed by atoms with Crippen molar-refractivity contribution in [3.8, 4) is 0 Å². The first kappa shape index (κ1) is 11.6. The van der Waals surface area contributed by atoms with Crippen molar-refractivity contribution in [3.63, 3.8) is 0 Å². The Kier molecular flexibility index (Phi) is 3.30. The van der Waals surface area contributed by atoms with Crippen molar-refractivity contribution in [1.29, 1.82) is 0 Å². The van der Waals surface area contributed by atoms with Gasteiger partial charge in [0, 0.05) is 19.2 Å². The summed E-state index contributed by atoms with van der Waals surface area (Å²) in [6.07, 6.45) is 3.47. The first-order chi connectivity index (χ1) is 7.59. The number of hydrogen-bond acceptors (Lipinski definition) is 3. The first-order valence-electron chi connectivity index (χ1n) is 6.02. The van der Waals surface area contributed by atoms with E-state index in [4.69, 9.17) is 0 Å². The predicted molar refractivity (Wildman–Crippen MR) is 63.3 cm³/mol. The van der Waals surface area contributed by atoms with Crippen molar-refractivity contribution < 1.29 is 5.11 Å². The standard InChI is InChI=1S/C12H21N3O/c1-10-8-11(15(2)14-10)9-12(16)4-3-6-13-7-5-12/h8,13,16H,3-7,9H2,1-2H3. The van der Waals surface area contributed by atoms with Gasteiger partial charge in [-0.25, -0.2) is 0 Å². The molecule has 1 fully saturated rings. The third-order valence-corrected chi connectivity index (χ3v) is 3.37. The van der Waals surface area contributed by atoms with E-state index >= 15 is 0 Å². The minimum Gasteiger partial charge on any atom is -0.389 e. The van der Waals surface area contributed by atoms with E-state index in [-0.39, 0.29) is 0 Å². The van der Waals surface area contributed by atoms with Gasteiger partial charge >= 0.3 is 0 Å². The summed E-state index contributed by atoms with van der Waals surface area (Å²) >= 11 is 0. The summed E-state index contributed by atoms with van der Waals surface area (Å²) in [4.78, 5) is 0. The fourth-order valence-electron chi connectivity index (χ4n) is 2.46. The lowest BCUT2D eigenvalue weighted by Gasteiger charge is -2.26. The van der Waals surface area contributed by atoms with Crippen molar-refractivity contribution in [2.24, 2.45) is 7.05 Å². The highest BCUT2D eigenvalue weighted by molar-refractivity contribution is 5.11. The molecule has 1 unspecified atom stereocenters. The zero-order valence-corrected chi connectivity index (χ0v) is 10.2. The second-order valence-electron chi connectivity index (χ2n) is 4.91. The molecular formula is C12H21N3O. The maximum Gasteiger partial charge on any atom is 0.0715 e. The number of aryl methyl sites for hydroxylation is 2. The van der Waals surface area contributed by atoms with Gasteiger partial charge in [0.15, 0.2) is 0 Å². The highest BCUT2D eigenvalue weighted by atomic mass is 16.3. The molecule has 1 saturated heterocycles. The van der Waals surface area contributed by atoms with Gasteiger partial charge in [-0.15, -0.1) is 0 Å². The Morgan fingerprint density at radius 3 is 3.00 bits per heavy atom. The first-order valence-corrected chi connectivity index (χ1v) is 6.02. The second kappa shape index (κ2) is 4.55. The summed E-state index contributed by atoms with van der Waals surface area (Å²) in [5.74, 6) is 0. The summed E-state index contributed by atoms with van der Waals surface area (Å²) in [6, 6.07) is 2.07. The molecule has 0 aromatic carbocycles. The van der Waals surface area contributed by atoms with Crippen LogP contribution in [0.2, 0.25) is 0 Å². The smallest absolute Gasteiger partial charge is 0.0715 e. The van der Waals surface area contributed by atoms with Crippen LogP contribution in [0.1, 0.15) is 30.7 Å². The Labute approximate surface area is 96.7 Å². The van der Waals surface area contributed by atoms with Crippen LogP contribution in [0, 0.1) is 6.92 Å². The van der Waals surface area contributed by atoms with Crippen molar-refractivity contribution >= 4 is 0 Å².